The lowest BCUT2D eigenvalue weighted by molar-refractivity contribution is 0.596. The average molecular weight is 539 g/mol. The van der Waals surface area contributed by atoms with Crippen LogP contribution in [0.2, 0.25) is 0 Å². The van der Waals surface area contributed by atoms with Gasteiger partial charge in [0.2, 0.25) is 0 Å². The van der Waals surface area contributed by atoms with Crippen molar-refractivity contribution in [3.05, 3.63) is 58.8 Å². The number of guanidine groups is 1. The second-order valence-corrected chi connectivity index (χ2v) is 8.06. The molecule has 25 heavy (non-hydrogen) atoms. The molecule has 6 nitrogen and oxygen atoms in total. The van der Waals surface area contributed by atoms with Crippen molar-refractivity contribution in [2.75, 3.05) is 18.8 Å². The van der Waals surface area contributed by atoms with Crippen molar-refractivity contribution in [3.63, 3.8) is 0 Å². The van der Waals surface area contributed by atoms with Crippen molar-refractivity contribution in [2.45, 2.75) is 11.3 Å². The first kappa shape index (κ1) is 21.8. The summed E-state index contributed by atoms with van der Waals surface area (Å²) in [7, 11) is -3.36. The molecule has 3 N–H and O–H groups in total. The van der Waals surface area contributed by atoms with Crippen LogP contribution in [0.3, 0.4) is 0 Å². The van der Waals surface area contributed by atoms with E-state index in [2.05, 4.69) is 31.2 Å². The van der Waals surface area contributed by atoms with E-state index in [1.165, 1.54) is 0 Å². The highest BCUT2D eigenvalue weighted by atomic mass is 127. The minimum Gasteiger partial charge on any atom is -0.370 e. The van der Waals surface area contributed by atoms with Gasteiger partial charge in [-0.25, -0.2) is 8.42 Å². The largest absolute Gasteiger partial charge is 0.370 e. The first-order valence-corrected chi connectivity index (χ1v) is 9.84. The Morgan fingerprint density at radius 1 is 1.20 bits per heavy atom. The molecule has 0 atom stereocenters. The van der Waals surface area contributed by atoms with Crippen molar-refractivity contribution in [1.29, 1.82) is 0 Å². The summed E-state index contributed by atoms with van der Waals surface area (Å²) in [4.78, 5) is 8.54. The van der Waals surface area contributed by atoms with Gasteiger partial charge in [-0.2, -0.15) is 0 Å². The van der Waals surface area contributed by atoms with E-state index in [-0.39, 0.29) is 47.1 Å². The molecule has 1 aromatic heterocycles. The minimum absolute atomic E-state index is 0. The molecule has 0 aliphatic carbocycles. The smallest absolute Gasteiger partial charge is 0.188 e. The fraction of sp³-hybridized carbons (Fsp3) is 0.250. The number of aliphatic imine (C=N–C) groups is 1. The lowest BCUT2D eigenvalue weighted by atomic mass is 10.3. The number of pyridine rings is 1. The number of benzene rings is 1. The van der Waals surface area contributed by atoms with Gasteiger partial charge < -0.3 is 11.1 Å². The van der Waals surface area contributed by atoms with E-state index >= 15 is 0 Å². The number of aromatic nitrogens is 1. The summed E-state index contributed by atoms with van der Waals surface area (Å²) in [5.74, 6) is 0.147. The standard InChI is InChI=1S/C16H19BrN4O2S.HI/c17-13-4-6-15(7-5-13)24(22,23)12-11-21-16(18)20-10-8-14-3-1-2-9-19-14;/h1-7,9H,8,10-12H2,(H3,18,20,21);1H. The van der Waals surface area contributed by atoms with Crippen LogP contribution in [-0.4, -0.2) is 38.2 Å². The quantitative estimate of drug-likeness (QED) is 0.320. The SMILES string of the molecule is I.NC(=NCCS(=O)(=O)c1ccc(Br)cc1)NCCc1ccccn1. The Bertz CT molecular complexity index is 784. The second kappa shape index (κ2) is 10.7. The van der Waals surface area contributed by atoms with Gasteiger partial charge in [-0.3, -0.25) is 9.98 Å². The van der Waals surface area contributed by atoms with E-state index in [0.29, 0.717) is 13.0 Å². The van der Waals surface area contributed by atoms with Gasteiger partial charge in [-0.1, -0.05) is 22.0 Å². The summed E-state index contributed by atoms with van der Waals surface area (Å²) in [6.07, 6.45) is 2.45. The van der Waals surface area contributed by atoms with E-state index in [1.54, 1.807) is 30.5 Å². The molecule has 0 unspecified atom stereocenters. The zero-order valence-corrected chi connectivity index (χ0v) is 18.2. The van der Waals surface area contributed by atoms with E-state index in [9.17, 15) is 8.42 Å². The minimum atomic E-state index is -3.36. The highest BCUT2D eigenvalue weighted by Gasteiger charge is 2.13. The van der Waals surface area contributed by atoms with E-state index in [1.807, 2.05) is 18.2 Å². The number of halogens is 2. The summed E-state index contributed by atoms with van der Waals surface area (Å²) >= 11 is 3.28. The molecule has 0 bridgehead atoms. The van der Waals surface area contributed by atoms with Gasteiger partial charge in [0.05, 0.1) is 17.2 Å². The monoisotopic (exact) mass is 538 g/mol. The van der Waals surface area contributed by atoms with Gasteiger partial charge in [0.1, 0.15) is 0 Å². The number of sulfone groups is 1. The normalized spacial score (nSPS) is 11.6. The van der Waals surface area contributed by atoms with Gasteiger partial charge in [0, 0.05) is 29.3 Å². The van der Waals surface area contributed by atoms with Gasteiger partial charge in [-0.05, 0) is 36.4 Å². The third-order valence-electron chi connectivity index (χ3n) is 3.23. The predicted molar refractivity (Wildman–Crippen MR) is 114 cm³/mol. The molecule has 1 heterocycles. The molecule has 2 rings (SSSR count). The van der Waals surface area contributed by atoms with Gasteiger partial charge >= 0.3 is 0 Å². The number of hydrogen-bond acceptors (Lipinski definition) is 4. The van der Waals surface area contributed by atoms with E-state index < -0.39 is 9.84 Å². The maximum atomic E-state index is 12.2. The molecular formula is C16H20BrIN4O2S. The molecule has 2 aromatic rings. The molecule has 9 heteroatoms. The summed E-state index contributed by atoms with van der Waals surface area (Å²) in [5, 5.41) is 2.95. The van der Waals surface area contributed by atoms with Crippen LogP contribution in [0, 0.1) is 0 Å². The van der Waals surface area contributed by atoms with Crippen molar-refractivity contribution >= 4 is 55.7 Å². The Labute approximate surface area is 173 Å². The molecule has 136 valence electrons. The summed E-state index contributed by atoms with van der Waals surface area (Å²) in [6, 6.07) is 12.2. The van der Waals surface area contributed by atoms with Crippen molar-refractivity contribution in [1.82, 2.24) is 10.3 Å². The van der Waals surface area contributed by atoms with Crippen LogP contribution in [0.25, 0.3) is 0 Å². The zero-order chi connectivity index (χ0) is 17.4. The number of nitrogens with one attached hydrogen (secondary N) is 1. The third-order valence-corrected chi connectivity index (χ3v) is 5.47. The lowest BCUT2D eigenvalue weighted by Gasteiger charge is -2.06. The molecule has 0 spiro atoms. The highest BCUT2D eigenvalue weighted by molar-refractivity contribution is 14.0. The number of nitrogens with two attached hydrogens (primary N) is 1. The molecule has 1 aromatic carbocycles. The van der Waals surface area contributed by atoms with Crippen LogP contribution in [0.5, 0.6) is 0 Å². The van der Waals surface area contributed by atoms with Crippen molar-refractivity contribution in [2.24, 2.45) is 10.7 Å². The summed E-state index contributed by atoms with van der Waals surface area (Å²) < 4.78 is 25.2. The number of nitrogens with zero attached hydrogens (tertiary/aromatic N) is 2. The number of rotatable bonds is 7. The Kier molecular flexibility index (Phi) is 9.36. The van der Waals surface area contributed by atoms with Crippen LogP contribution in [0.15, 0.2) is 63.0 Å². The zero-order valence-electron chi connectivity index (χ0n) is 13.4. The Balaban J connectivity index is 0.00000312. The van der Waals surface area contributed by atoms with Gasteiger partial charge in [0.25, 0.3) is 0 Å². The van der Waals surface area contributed by atoms with Gasteiger partial charge in [0.15, 0.2) is 15.8 Å². The fourth-order valence-corrected chi connectivity index (χ4v) is 3.35. The van der Waals surface area contributed by atoms with E-state index in [0.717, 1.165) is 10.2 Å². The summed E-state index contributed by atoms with van der Waals surface area (Å²) in [6.45, 7) is 0.701. The molecule has 0 saturated carbocycles. The molecule has 0 saturated heterocycles. The van der Waals surface area contributed by atoms with Crippen LogP contribution in [-0.2, 0) is 16.3 Å². The molecule has 0 aliphatic heterocycles. The van der Waals surface area contributed by atoms with Crippen LogP contribution >= 0.6 is 39.9 Å². The van der Waals surface area contributed by atoms with Crippen LogP contribution < -0.4 is 11.1 Å². The van der Waals surface area contributed by atoms with Crippen LogP contribution in [0.1, 0.15) is 5.69 Å². The Morgan fingerprint density at radius 3 is 2.56 bits per heavy atom. The predicted octanol–water partition coefficient (Wildman–Crippen LogP) is 2.38. The van der Waals surface area contributed by atoms with Crippen LogP contribution in [0.4, 0.5) is 0 Å². The molecule has 0 fully saturated rings. The maximum absolute atomic E-state index is 12.2. The molecule has 0 radical (unpaired) electrons. The average Bonchev–Trinajstić information content (AvgIpc) is 2.56. The van der Waals surface area contributed by atoms with Gasteiger partial charge in [-0.15, -0.1) is 24.0 Å². The second-order valence-electron chi connectivity index (χ2n) is 5.04. The first-order chi connectivity index (χ1) is 11.5. The highest BCUT2D eigenvalue weighted by Crippen LogP contribution is 2.15. The fourth-order valence-electron chi connectivity index (χ4n) is 1.97. The maximum Gasteiger partial charge on any atom is 0.188 e. The molecule has 0 amide bonds. The molecule has 0 aliphatic rings. The topological polar surface area (TPSA) is 97.4 Å². The first-order valence-electron chi connectivity index (χ1n) is 7.39. The van der Waals surface area contributed by atoms with Crippen molar-refractivity contribution in [3.8, 4) is 0 Å². The van der Waals surface area contributed by atoms with Crippen molar-refractivity contribution < 1.29 is 8.42 Å². The Hall–Kier alpha value is -1.20. The molecular weight excluding hydrogens is 519 g/mol. The Morgan fingerprint density at radius 2 is 1.92 bits per heavy atom. The lowest BCUT2D eigenvalue weighted by Crippen LogP contribution is -2.33. The number of hydrogen-bond donors (Lipinski definition) is 2. The van der Waals surface area contributed by atoms with E-state index in [4.69, 9.17) is 5.73 Å². The summed E-state index contributed by atoms with van der Waals surface area (Å²) in [5.41, 5.74) is 6.70. The third kappa shape index (κ3) is 7.70.